The zero-order valence-corrected chi connectivity index (χ0v) is 12.7. The molecule has 1 heterocycles. The van der Waals surface area contributed by atoms with E-state index in [0.717, 1.165) is 5.56 Å². The summed E-state index contributed by atoms with van der Waals surface area (Å²) in [7, 11) is 0. The Kier molecular flexibility index (Phi) is 4.73. The quantitative estimate of drug-likeness (QED) is 0.902. The molecule has 0 atom stereocenters. The zero-order valence-electron chi connectivity index (χ0n) is 11.9. The molecular formula is C15H19ClN2O3. The number of hydrogen-bond donors (Lipinski definition) is 2. The molecular weight excluding hydrogens is 292 g/mol. The first-order chi connectivity index (χ1) is 9.92. The first-order valence-corrected chi connectivity index (χ1v) is 7.30. The lowest BCUT2D eigenvalue weighted by molar-refractivity contribution is -0.150. The summed E-state index contributed by atoms with van der Waals surface area (Å²) < 4.78 is 0. The molecule has 0 spiro atoms. The van der Waals surface area contributed by atoms with E-state index in [2.05, 4.69) is 5.32 Å². The smallest absolute Gasteiger partial charge is 0.317 e. The van der Waals surface area contributed by atoms with Gasteiger partial charge < -0.3 is 15.3 Å². The Bertz CT molecular complexity index is 539. The Labute approximate surface area is 128 Å². The van der Waals surface area contributed by atoms with E-state index in [1.165, 1.54) is 0 Å². The number of aliphatic carboxylic acids is 1. The summed E-state index contributed by atoms with van der Waals surface area (Å²) in [6.45, 7) is 3.01. The molecule has 114 valence electrons. The Morgan fingerprint density at radius 2 is 1.95 bits per heavy atom. The van der Waals surface area contributed by atoms with Crippen LogP contribution in [-0.2, 0) is 11.3 Å². The fourth-order valence-corrected chi connectivity index (χ4v) is 2.54. The maximum absolute atomic E-state index is 12.1. The summed E-state index contributed by atoms with van der Waals surface area (Å²) in [6, 6.07) is 7.17. The van der Waals surface area contributed by atoms with E-state index in [0.29, 0.717) is 37.5 Å². The van der Waals surface area contributed by atoms with Gasteiger partial charge in [0.25, 0.3) is 0 Å². The predicted molar refractivity (Wildman–Crippen MR) is 80.2 cm³/mol. The second kappa shape index (κ2) is 6.35. The summed E-state index contributed by atoms with van der Waals surface area (Å²) >= 11 is 6.04. The number of nitrogens with zero attached hydrogens (tertiary/aromatic N) is 1. The molecule has 0 aromatic heterocycles. The number of amides is 2. The van der Waals surface area contributed by atoms with Gasteiger partial charge in [-0.2, -0.15) is 0 Å². The zero-order chi connectivity index (χ0) is 15.5. The lowest BCUT2D eigenvalue weighted by Crippen LogP contribution is -2.48. The van der Waals surface area contributed by atoms with Gasteiger partial charge >= 0.3 is 12.0 Å². The van der Waals surface area contributed by atoms with Crippen LogP contribution in [0.3, 0.4) is 0 Å². The minimum Gasteiger partial charge on any atom is -0.481 e. The Balaban J connectivity index is 1.86. The molecule has 1 aromatic rings. The Morgan fingerprint density at radius 1 is 1.33 bits per heavy atom. The minimum absolute atomic E-state index is 0.178. The predicted octanol–water partition coefficient (Wildman–Crippen LogP) is 2.74. The van der Waals surface area contributed by atoms with Crippen molar-refractivity contribution in [2.24, 2.45) is 5.41 Å². The highest BCUT2D eigenvalue weighted by atomic mass is 35.5. The molecule has 2 rings (SSSR count). The number of halogens is 1. The van der Waals surface area contributed by atoms with Gasteiger partial charge in [-0.15, -0.1) is 0 Å². The number of rotatable bonds is 3. The second-order valence-corrected chi connectivity index (χ2v) is 6.01. The molecule has 2 amide bonds. The summed E-state index contributed by atoms with van der Waals surface area (Å²) in [5.41, 5.74) is 0.138. The van der Waals surface area contributed by atoms with Crippen LogP contribution in [0.5, 0.6) is 0 Å². The van der Waals surface area contributed by atoms with Crippen LogP contribution in [0.2, 0.25) is 5.02 Å². The number of hydrogen-bond acceptors (Lipinski definition) is 2. The number of piperidine rings is 1. The highest BCUT2D eigenvalue weighted by Crippen LogP contribution is 2.31. The molecule has 0 aliphatic carbocycles. The van der Waals surface area contributed by atoms with Gasteiger partial charge in [0.15, 0.2) is 0 Å². The van der Waals surface area contributed by atoms with Crippen LogP contribution >= 0.6 is 11.6 Å². The van der Waals surface area contributed by atoms with Crippen molar-refractivity contribution in [1.82, 2.24) is 10.2 Å². The van der Waals surface area contributed by atoms with E-state index in [4.69, 9.17) is 11.6 Å². The number of carbonyl (C=O) groups is 2. The summed E-state index contributed by atoms with van der Waals surface area (Å²) in [5.74, 6) is -0.793. The molecule has 1 aliphatic heterocycles. The van der Waals surface area contributed by atoms with Gasteiger partial charge in [0.05, 0.1) is 5.41 Å². The van der Waals surface area contributed by atoms with E-state index < -0.39 is 11.4 Å². The van der Waals surface area contributed by atoms with E-state index in [1.807, 2.05) is 18.2 Å². The summed E-state index contributed by atoms with van der Waals surface area (Å²) in [4.78, 5) is 24.9. The highest BCUT2D eigenvalue weighted by molar-refractivity contribution is 6.31. The van der Waals surface area contributed by atoms with Crippen molar-refractivity contribution in [3.8, 4) is 0 Å². The largest absolute Gasteiger partial charge is 0.481 e. The topological polar surface area (TPSA) is 69.6 Å². The first kappa shape index (κ1) is 15.6. The molecule has 0 radical (unpaired) electrons. The van der Waals surface area contributed by atoms with Crippen molar-refractivity contribution < 1.29 is 14.7 Å². The van der Waals surface area contributed by atoms with Crippen LogP contribution in [-0.4, -0.2) is 35.1 Å². The molecule has 0 saturated carbocycles. The Hall–Kier alpha value is -1.75. The van der Waals surface area contributed by atoms with Crippen molar-refractivity contribution in [2.45, 2.75) is 26.3 Å². The lowest BCUT2D eigenvalue weighted by Gasteiger charge is -2.36. The minimum atomic E-state index is -0.793. The van der Waals surface area contributed by atoms with Gasteiger partial charge in [-0.05, 0) is 31.4 Å². The maximum atomic E-state index is 12.1. The van der Waals surface area contributed by atoms with Gasteiger partial charge in [0, 0.05) is 24.7 Å². The van der Waals surface area contributed by atoms with Gasteiger partial charge in [0.2, 0.25) is 0 Å². The number of benzene rings is 1. The van der Waals surface area contributed by atoms with Gasteiger partial charge in [-0.1, -0.05) is 29.8 Å². The average Bonchev–Trinajstić information content (AvgIpc) is 2.46. The van der Waals surface area contributed by atoms with Crippen molar-refractivity contribution in [2.75, 3.05) is 13.1 Å². The van der Waals surface area contributed by atoms with Crippen LogP contribution in [0.25, 0.3) is 0 Å². The monoisotopic (exact) mass is 310 g/mol. The van der Waals surface area contributed by atoms with Crippen LogP contribution in [0.1, 0.15) is 25.3 Å². The molecule has 2 N–H and O–H groups in total. The SMILES string of the molecule is CC1(C(=O)O)CCN(C(=O)NCc2ccccc2Cl)CC1. The van der Waals surface area contributed by atoms with E-state index >= 15 is 0 Å². The summed E-state index contributed by atoms with van der Waals surface area (Å²) in [5, 5.41) is 12.6. The fraction of sp³-hybridized carbons (Fsp3) is 0.467. The molecule has 1 aromatic carbocycles. The first-order valence-electron chi connectivity index (χ1n) is 6.92. The summed E-state index contributed by atoms with van der Waals surface area (Å²) in [6.07, 6.45) is 0.948. The number of carboxylic acid groups (broad SMARTS) is 1. The average molecular weight is 311 g/mol. The number of carbonyl (C=O) groups excluding carboxylic acids is 1. The van der Waals surface area contributed by atoms with Crippen LogP contribution in [0, 0.1) is 5.41 Å². The molecule has 0 bridgehead atoms. The fourth-order valence-electron chi connectivity index (χ4n) is 2.34. The third-order valence-corrected chi connectivity index (χ3v) is 4.43. The van der Waals surface area contributed by atoms with E-state index in [9.17, 15) is 14.7 Å². The molecule has 0 unspecified atom stereocenters. The van der Waals surface area contributed by atoms with E-state index in [-0.39, 0.29) is 6.03 Å². The number of nitrogens with one attached hydrogen (secondary N) is 1. The van der Waals surface area contributed by atoms with Crippen LogP contribution in [0.15, 0.2) is 24.3 Å². The molecule has 21 heavy (non-hydrogen) atoms. The van der Waals surface area contributed by atoms with Gasteiger partial charge in [-0.25, -0.2) is 4.79 Å². The van der Waals surface area contributed by atoms with Crippen molar-refractivity contribution in [3.05, 3.63) is 34.9 Å². The number of likely N-dealkylation sites (tertiary alicyclic amines) is 1. The molecule has 1 aliphatic rings. The van der Waals surface area contributed by atoms with Crippen molar-refractivity contribution in [1.29, 1.82) is 0 Å². The van der Waals surface area contributed by atoms with E-state index in [1.54, 1.807) is 17.9 Å². The molecule has 1 fully saturated rings. The number of carboxylic acids is 1. The maximum Gasteiger partial charge on any atom is 0.317 e. The highest BCUT2D eigenvalue weighted by Gasteiger charge is 2.37. The van der Waals surface area contributed by atoms with Crippen molar-refractivity contribution >= 4 is 23.6 Å². The Morgan fingerprint density at radius 3 is 2.52 bits per heavy atom. The standard InChI is InChI=1S/C15H19ClN2O3/c1-15(13(19)20)6-8-18(9-7-15)14(21)17-10-11-4-2-3-5-12(11)16/h2-5H,6-10H2,1H3,(H,17,21)(H,19,20). The lowest BCUT2D eigenvalue weighted by atomic mass is 9.80. The van der Waals surface area contributed by atoms with Crippen molar-refractivity contribution in [3.63, 3.8) is 0 Å². The molecule has 6 heteroatoms. The molecule has 1 saturated heterocycles. The van der Waals surface area contributed by atoms with Gasteiger partial charge in [-0.3, -0.25) is 4.79 Å². The van der Waals surface area contributed by atoms with Crippen LogP contribution in [0.4, 0.5) is 4.79 Å². The third-order valence-electron chi connectivity index (χ3n) is 4.06. The third kappa shape index (κ3) is 3.67. The molecule has 5 nitrogen and oxygen atoms in total. The van der Waals surface area contributed by atoms with Gasteiger partial charge in [0.1, 0.15) is 0 Å². The normalized spacial score (nSPS) is 17.3. The number of urea groups is 1. The second-order valence-electron chi connectivity index (χ2n) is 5.60. The van der Waals surface area contributed by atoms with Crippen LogP contribution < -0.4 is 5.32 Å².